The third-order valence-corrected chi connectivity index (χ3v) is 4.87. The van der Waals surface area contributed by atoms with Gasteiger partial charge in [-0.15, -0.1) is 0 Å². The summed E-state index contributed by atoms with van der Waals surface area (Å²) >= 11 is 0. The summed E-state index contributed by atoms with van der Waals surface area (Å²) in [5.74, 6) is 0.668. The number of nitrogens with one attached hydrogen (secondary N) is 3. The Morgan fingerprint density at radius 2 is 2.06 bits per heavy atom. The molecular weight excluding hydrogens is 429 g/mol. The lowest BCUT2D eigenvalue weighted by Gasteiger charge is -2.26. The van der Waals surface area contributed by atoms with Crippen molar-refractivity contribution in [2.75, 3.05) is 30.9 Å². The minimum atomic E-state index is -0.604. The second kappa shape index (κ2) is 10.1. The molecule has 0 saturated heterocycles. The highest BCUT2D eigenvalue weighted by molar-refractivity contribution is 5.71. The molecule has 1 unspecified atom stereocenters. The second-order valence-corrected chi connectivity index (χ2v) is 7.14. The van der Waals surface area contributed by atoms with Gasteiger partial charge in [-0.3, -0.25) is 0 Å². The number of halogens is 1. The maximum Gasteiger partial charge on any atom is 0.412 e. The molecule has 3 aromatic rings. The van der Waals surface area contributed by atoms with Crippen LogP contribution in [-0.4, -0.2) is 36.3 Å². The van der Waals surface area contributed by atoms with Crippen LogP contribution in [0.25, 0.3) is 0 Å². The van der Waals surface area contributed by atoms with E-state index in [4.69, 9.17) is 14.2 Å². The molecular formula is C23H24FN5O4. The van der Waals surface area contributed by atoms with E-state index in [1.807, 2.05) is 19.1 Å². The minimum Gasteiger partial charge on any atom is -0.493 e. The number of rotatable bonds is 7. The Bertz CT molecular complexity index is 1140. The summed E-state index contributed by atoms with van der Waals surface area (Å²) in [4.78, 5) is 19.6. The van der Waals surface area contributed by atoms with Crippen molar-refractivity contribution in [1.29, 1.82) is 0 Å². The van der Waals surface area contributed by atoms with Gasteiger partial charge in [-0.1, -0.05) is 6.07 Å². The van der Waals surface area contributed by atoms with Crippen molar-refractivity contribution in [3.05, 3.63) is 60.0 Å². The zero-order valence-electron chi connectivity index (χ0n) is 18.2. The molecule has 0 spiro atoms. The second-order valence-electron chi connectivity index (χ2n) is 7.14. The van der Waals surface area contributed by atoms with Crippen LogP contribution in [0.1, 0.15) is 25.0 Å². The summed E-state index contributed by atoms with van der Waals surface area (Å²) in [7, 11) is 1.47. The van der Waals surface area contributed by atoms with E-state index in [-0.39, 0.29) is 17.9 Å². The largest absolute Gasteiger partial charge is 0.493 e. The van der Waals surface area contributed by atoms with Gasteiger partial charge in [0.05, 0.1) is 18.9 Å². The lowest BCUT2D eigenvalue weighted by molar-refractivity contribution is 0.0319. The topological polar surface area (TPSA) is 107 Å². The average Bonchev–Trinajstić information content (AvgIpc) is 2.82. The maximum absolute atomic E-state index is 14.4. The Labute approximate surface area is 190 Å². The molecule has 1 aliphatic rings. The summed E-state index contributed by atoms with van der Waals surface area (Å²) in [6, 6.07) is 12.2. The van der Waals surface area contributed by atoms with Gasteiger partial charge < -0.3 is 30.2 Å². The number of carbonyl (C=O) groups is 1. The molecule has 0 aliphatic carbocycles. The standard InChI is InChI=1S/C23H24FN5O4/c1-3-31-20-9-10-32-19-8-7-15(12-17(19)20)27-21-18(24)13-26-22(29-21)28-14-5-4-6-16(11-14)33-23(30)25-2/h4-8,11-13,20H,3,9-10H2,1-2H3,(H,25,30)(H2,26,27,28,29). The number of fused-ring (bicyclic) bond motifs is 1. The van der Waals surface area contributed by atoms with E-state index in [9.17, 15) is 9.18 Å². The first kappa shape index (κ1) is 22.3. The molecule has 172 valence electrons. The molecule has 0 radical (unpaired) electrons. The lowest BCUT2D eigenvalue weighted by Crippen LogP contribution is -2.22. The Hall–Kier alpha value is -3.92. The Morgan fingerprint density at radius 3 is 2.88 bits per heavy atom. The van der Waals surface area contributed by atoms with Gasteiger partial charge in [-0.25, -0.2) is 14.2 Å². The third-order valence-electron chi connectivity index (χ3n) is 4.87. The molecule has 1 atom stereocenters. The number of anilines is 4. The molecule has 1 aliphatic heterocycles. The summed E-state index contributed by atoms with van der Waals surface area (Å²) in [5, 5.41) is 8.36. The Morgan fingerprint density at radius 1 is 1.21 bits per heavy atom. The normalized spacial score (nSPS) is 14.6. The SMILES string of the molecule is CCOC1CCOc2ccc(Nc3nc(Nc4cccc(OC(=O)NC)c4)ncc3F)cc21. The smallest absolute Gasteiger partial charge is 0.412 e. The summed E-state index contributed by atoms with van der Waals surface area (Å²) in [6.07, 6.45) is 1.17. The average molecular weight is 453 g/mol. The number of amides is 1. The van der Waals surface area contributed by atoms with Gasteiger partial charge in [-0.05, 0) is 37.3 Å². The molecule has 0 fully saturated rings. The van der Waals surface area contributed by atoms with Crippen molar-refractivity contribution in [2.24, 2.45) is 0 Å². The van der Waals surface area contributed by atoms with Crippen LogP contribution in [0, 0.1) is 5.82 Å². The fraction of sp³-hybridized carbons (Fsp3) is 0.261. The highest BCUT2D eigenvalue weighted by Crippen LogP contribution is 2.37. The van der Waals surface area contributed by atoms with Crippen molar-refractivity contribution >= 4 is 29.2 Å². The highest BCUT2D eigenvalue weighted by atomic mass is 19.1. The lowest BCUT2D eigenvalue weighted by atomic mass is 10.0. The number of hydrogen-bond donors (Lipinski definition) is 3. The number of carbonyl (C=O) groups excluding carboxylic acids is 1. The van der Waals surface area contributed by atoms with Crippen LogP contribution in [0.2, 0.25) is 0 Å². The molecule has 0 saturated carbocycles. The van der Waals surface area contributed by atoms with Crippen LogP contribution in [-0.2, 0) is 4.74 Å². The first-order valence-electron chi connectivity index (χ1n) is 10.5. The first-order valence-corrected chi connectivity index (χ1v) is 10.5. The number of nitrogens with zero attached hydrogens (tertiary/aromatic N) is 2. The van der Waals surface area contributed by atoms with Gasteiger partial charge in [0.15, 0.2) is 11.6 Å². The van der Waals surface area contributed by atoms with Gasteiger partial charge >= 0.3 is 6.09 Å². The number of benzene rings is 2. The van der Waals surface area contributed by atoms with Crippen LogP contribution >= 0.6 is 0 Å². The van der Waals surface area contributed by atoms with Crippen molar-refractivity contribution in [3.63, 3.8) is 0 Å². The third kappa shape index (κ3) is 5.47. The van der Waals surface area contributed by atoms with Crippen LogP contribution in [0.4, 0.5) is 32.3 Å². The van der Waals surface area contributed by atoms with Crippen LogP contribution < -0.4 is 25.4 Å². The number of aromatic nitrogens is 2. The van der Waals surface area contributed by atoms with E-state index in [0.29, 0.717) is 30.3 Å². The van der Waals surface area contributed by atoms with Gasteiger partial charge in [0.1, 0.15) is 11.5 Å². The van der Waals surface area contributed by atoms with Gasteiger partial charge in [0.2, 0.25) is 5.95 Å². The van der Waals surface area contributed by atoms with Gasteiger partial charge in [-0.2, -0.15) is 4.98 Å². The Kier molecular flexibility index (Phi) is 6.84. The predicted molar refractivity (Wildman–Crippen MR) is 121 cm³/mol. The molecule has 1 aromatic heterocycles. The van der Waals surface area contributed by atoms with E-state index in [2.05, 4.69) is 25.9 Å². The maximum atomic E-state index is 14.4. The molecule has 3 N–H and O–H groups in total. The molecule has 0 bridgehead atoms. The van der Waals surface area contributed by atoms with Crippen LogP contribution in [0.3, 0.4) is 0 Å². The zero-order valence-corrected chi connectivity index (χ0v) is 18.2. The van der Waals surface area contributed by atoms with Crippen molar-refractivity contribution < 1.29 is 23.4 Å². The molecule has 4 rings (SSSR count). The van der Waals surface area contributed by atoms with Crippen molar-refractivity contribution in [2.45, 2.75) is 19.4 Å². The van der Waals surface area contributed by atoms with E-state index in [1.165, 1.54) is 7.05 Å². The molecule has 2 heterocycles. The molecule has 9 nitrogen and oxygen atoms in total. The van der Waals surface area contributed by atoms with Gasteiger partial charge in [0, 0.05) is 43.1 Å². The molecule has 33 heavy (non-hydrogen) atoms. The number of hydrogen-bond acceptors (Lipinski definition) is 8. The van der Waals surface area contributed by atoms with Gasteiger partial charge in [0.25, 0.3) is 0 Å². The molecule has 1 amide bonds. The highest BCUT2D eigenvalue weighted by Gasteiger charge is 2.22. The van der Waals surface area contributed by atoms with Crippen molar-refractivity contribution in [1.82, 2.24) is 15.3 Å². The summed E-state index contributed by atoms with van der Waals surface area (Å²) in [5.41, 5.74) is 2.13. The summed E-state index contributed by atoms with van der Waals surface area (Å²) < 4.78 is 31.1. The van der Waals surface area contributed by atoms with E-state index in [0.717, 1.165) is 23.9 Å². The molecule has 10 heteroatoms. The number of ether oxygens (including phenoxy) is 3. The van der Waals surface area contributed by atoms with Crippen LogP contribution in [0.15, 0.2) is 48.7 Å². The van der Waals surface area contributed by atoms with E-state index in [1.54, 1.807) is 30.3 Å². The summed E-state index contributed by atoms with van der Waals surface area (Å²) in [6.45, 7) is 3.13. The van der Waals surface area contributed by atoms with Crippen LogP contribution in [0.5, 0.6) is 11.5 Å². The van der Waals surface area contributed by atoms with E-state index < -0.39 is 11.9 Å². The fourth-order valence-corrected chi connectivity index (χ4v) is 3.39. The Balaban J connectivity index is 1.52. The minimum absolute atomic E-state index is 0.00917. The molecule has 2 aromatic carbocycles. The zero-order chi connectivity index (χ0) is 23.2. The first-order chi connectivity index (χ1) is 16.1. The predicted octanol–water partition coefficient (Wildman–Crippen LogP) is 4.68. The monoisotopic (exact) mass is 453 g/mol. The quantitative estimate of drug-likeness (QED) is 0.473. The fourth-order valence-electron chi connectivity index (χ4n) is 3.39. The van der Waals surface area contributed by atoms with Crippen molar-refractivity contribution in [3.8, 4) is 11.5 Å². The van der Waals surface area contributed by atoms with E-state index >= 15 is 0 Å².